The van der Waals surface area contributed by atoms with Gasteiger partial charge in [-0.25, -0.2) is 0 Å². The van der Waals surface area contributed by atoms with Crippen molar-refractivity contribution in [3.05, 3.63) is 0 Å². The molecule has 1 unspecified atom stereocenters. The molecule has 0 aliphatic rings. The van der Waals surface area contributed by atoms with Gasteiger partial charge in [0.25, 0.3) is 0 Å². The lowest BCUT2D eigenvalue weighted by Gasteiger charge is -2.22. The molecule has 3 nitrogen and oxygen atoms in total. The van der Waals surface area contributed by atoms with Crippen LogP contribution >= 0.6 is 0 Å². The fraction of sp³-hybridized carbons (Fsp3) is 0.857. The second-order valence-corrected chi connectivity index (χ2v) is 2.61. The lowest BCUT2D eigenvalue weighted by molar-refractivity contribution is -0.151. The Bertz CT molecular complexity index is 119. The fourth-order valence-electron chi connectivity index (χ4n) is 0.618. The van der Waals surface area contributed by atoms with Crippen LogP contribution in [-0.2, 0) is 9.53 Å². The van der Waals surface area contributed by atoms with Crippen molar-refractivity contribution in [2.75, 3.05) is 13.7 Å². The zero-order valence-corrected chi connectivity index (χ0v) is 6.81. The van der Waals surface area contributed by atoms with Crippen LogP contribution in [0.15, 0.2) is 0 Å². The highest BCUT2D eigenvalue weighted by Gasteiger charge is 2.30. The molecule has 60 valence electrons. The van der Waals surface area contributed by atoms with Gasteiger partial charge in [0, 0.05) is 6.54 Å². The third kappa shape index (κ3) is 1.70. The summed E-state index contributed by atoms with van der Waals surface area (Å²) >= 11 is 0. The van der Waals surface area contributed by atoms with Crippen LogP contribution in [0.1, 0.15) is 20.3 Å². The summed E-state index contributed by atoms with van der Waals surface area (Å²) in [4.78, 5) is 11.0. The van der Waals surface area contributed by atoms with E-state index in [-0.39, 0.29) is 5.97 Å². The standard InChI is InChI=1S/C7H15NO2/c1-4-7(2,5-8)6(9)10-3/h4-5,8H2,1-3H3. The van der Waals surface area contributed by atoms with Crippen LogP contribution < -0.4 is 5.73 Å². The van der Waals surface area contributed by atoms with Crippen molar-refractivity contribution in [3.8, 4) is 0 Å². The summed E-state index contributed by atoms with van der Waals surface area (Å²) in [7, 11) is 1.38. The first-order valence-corrected chi connectivity index (χ1v) is 3.39. The first-order valence-electron chi connectivity index (χ1n) is 3.39. The summed E-state index contributed by atoms with van der Waals surface area (Å²) < 4.78 is 4.58. The first kappa shape index (κ1) is 9.43. The minimum absolute atomic E-state index is 0.225. The molecule has 0 radical (unpaired) electrons. The zero-order valence-electron chi connectivity index (χ0n) is 6.81. The minimum Gasteiger partial charge on any atom is -0.469 e. The highest BCUT2D eigenvalue weighted by Crippen LogP contribution is 2.20. The molecule has 0 saturated heterocycles. The molecule has 0 fully saturated rings. The van der Waals surface area contributed by atoms with E-state index >= 15 is 0 Å². The summed E-state index contributed by atoms with van der Waals surface area (Å²) in [5.41, 5.74) is 4.90. The van der Waals surface area contributed by atoms with Gasteiger partial charge in [0.15, 0.2) is 0 Å². The molecule has 10 heavy (non-hydrogen) atoms. The fourth-order valence-corrected chi connectivity index (χ4v) is 0.618. The first-order chi connectivity index (χ1) is 4.60. The maximum absolute atomic E-state index is 11.0. The van der Waals surface area contributed by atoms with Gasteiger partial charge in [0.2, 0.25) is 0 Å². The topological polar surface area (TPSA) is 52.3 Å². The highest BCUT2D eigenvalue weighted by atomic mass is 16.5. The van der Waals surface area contributed by atoms with E-state index in [2.05, 4.69) is 4.74 Å². The predicted molar refractivity (Wildman–Crippen MR) is 39.5 cm³/mol. The Balaban J connectivity index is 4.17. The molecular weight excluding hydrogens is 130 g/mol. The quantitative estimate of drug-likeness (QED) is 0.589. The second kappa shape index (κ2) is 3.56. The summed E-state index contributed by atoms with van der Waals surface area (Å²) in [5.74, 6) is -0.225. The number of rotatable bonds is 3. The molecular formula is C7H15NO2. The molecule has 0 bridgehead atoms. The molecule has 3 heteroatoms. The normalized spacial score (nSPS) is 16.0. The molecule has 1 atom stereocenters. The summed E-state index contributed by atoms with van der Waals surface area (Å²) in [6.07, 6.45) is 0.718. The number of hydrogen-bond donors (Lipinski definition) is 1. The van der Waals surface area contributed by atoms with Crippen molar-refractivity contribution in [3.63, 3.8) is 0 Å². The smallest absolute Gasteiger partial charge is 0.312 e. The summed E-state index contributed by atoms with van der Waals surface area (Å²) in [6.45, 7) is 4.07. The van der Waals surface area contributed by atoms with Gasteiger partial charge in [0.05, 0.1) is 12.5 Å². The van der Waals surface area contributed by atoms with Gasteiger partial charge in [0.1, 0.15) is 0 Å². The Morgan fingerprint density at radius 1 is 1.70 bits per heavy atom. The Morgan fingerprint density at radius 3 is 2.30 bits per heavy atom. The van der Waals surface area contributed by atoms with Gasteiger partial charge >= 0.3 is 5.97 Å². The van der Waals surface area contributed by atoms with Crippen LogP contribution in [0.3, 0.4) is 0 Å². The number of nitrogens with two attached hydrogens (primary N) is 1. The minimum atomic E-state index is -0.491. The van der Waals surface area contributed by atoms with Gasteiger partial charge in [-0.1, -0.05) is 6.92 Å². The Morgan fingerprint density at radius 2 is 2.20 bits per heavy atom. The SMILES string of the molecule is CCC(C)(CN)C(=O)OC. The number of ether oxygens (including phenoxy) is 1. The van der Waals surface area contributed by atoms with E-state index < -0.39 is 5.41 Å². The molecule has 0 aromatic carbocycles. The highest BCUT2D eigenvalue weighted by molar-refractivity contribution is 5.76. The largest absolute Gasteiger partial charge is 0.469 e. The van der Waals surface area contributed by atoms with Crippen molar-refractivity contribution < 1.29 is 9.53 Å². The maximum Gasteiger partial charge on any atom is 0.312 e. The van der Waals surface area contributed by atoms with Gasteiger partial charge in [-0.15, -0.1) is 0 Å². The van der Waals surface area contributed by atoms with E-state index in [0.29, 0.717) is 6.54 Å². The number of methoxy groups -OCH3 is 1. The van der Waals surface area contributed by atoms with Crippen LogP contribution in [0.4, 0.5) is 0 Å². The van der Waals surface area contributed by atoms with Crippen molar-refractivity contribution in [2.24, 2.45) is 11.1 Å². The average Bonchev–Trinajstić information content (AvgIpc) is 2.01. The van der Waals surface area contributed by atoms with Gasteiger partial charge in [-0.2, -0.15) is 0 Å². The molecule has 0 rings (SSSR count). The third-order valence-corrected chi connectivity index (χ3v) is 1.91. The number of carbonyl (C=O) groups excluding carboxylic acids is 1. The molecule has 0 heterocycles. The molecule has 0 aliphatic carbocycles. The lowest BCUT2D eigenvalue weighted by atomic mass is 9.88. The summed E-state index contributed by atoms with van der Waals surface area (Å²) in [6, 6.07) is 0. The summed E-state index contributed by atoms with van der Waals surface area (Å²) in [5, 5.41) is 0. The Labute approximate surface area is 61.5 Å². The van der Waals surface area contributed by atoms with E-state index in [1.54, 1.807) is 6.92 Å². The van der Waals surface area contributed by atoms with Crippen molar-refractivity contribution in [2.45, 2.75) is 20.3 Å². The molecule has 0 aromatic rings. The second-order valence-electron chi connectivity index (χ2n) is 2.61. The van der Waals surface area contributed by atoms with Gasteiger partial charge in [-0.05, 0) is 13.3 Å². The van der Waals surface area contributed by atoms with E-state index in [0.717, 1.165) is 6.42 Å². The Hall–Kier alpha value is -0.570. The molecule has 0 aliphatic heterocycles. The predicted octanol–water partition coefficient (Wildman–Crippen LogP) is 0.534. The van der Waals surface area contributed by atoms with Gasteiger partial charge < -0.3 is 10.5 Å². The zero-order chi connectivity index (χ0) is 8.20. The van der Waals surface area contributed by atoms with Crippen molar-refractivity contribution in [1.29, 1.82) is 0 Å². The molecule has 0 amide bonds. The van der Waals surface area contributed by atoms with E-state index in [4.69, 9.17) is 5.73 Å². The molecule has 0 saturated carbocycles. The van der Waals surface area contributed by atoms with E-state index in [1.165, 1.54) is 7.11 Å². The lowest BCUT2D eigenvalue weighted by Crippen LogP contribution is -2.35. The average molecular weight is 145 g/mol. The van der Waals surface area contributed by atoms with Crippen LogP contribution in [0.2, 0.25) is 0 Å². The number of carbonyl (C=O) groups is 1. The van der Waals surface area contributed by atoms with Crippen molar-refractivity contribution in [1.82, 2.24) is 0 Å². The molecule has 2 N–H and O–H groups in total. The van der Waals surface area contributed by atoms with Crippen LogP contribution in [0.25, 0.3) is 0 Å². The number of esters is 1. The third-order valence-electron chi connectivity index (χ3n) is 1.91. The van der Waals surface area contributed by atoms with Crippen LogP contribution in [0, 0.1) is 5.41 Å². The van der Waals surface area contributed by atoms with E-state index in [9.17, 15) is 4.79 Å². The van der Waals surface area contributed by atoms with Crippen LogP contribution in [-0.4, -0.2) is 19.6 Å². The molecule has 0 aromatic heterocycles. The van der Waals surface area contributed by atoms with E-state index in [1.807, 2.05) is 6.92 Å². The Kier molecular flexibility index (Phi) is 3.36. The van der Waals surface area contributed by atoms with Crippen molar-refractivity contribution >= 4 is 5.97 Å². The van der Waals surface area contributed by atoms with Crippen LogP contribution in [0.5, 0.6) is 0 Å². The molecule has 0 spiro atoms. The monoisotopic (exact) mass is 145 g/mol. The maximum atomic E-state index is 11.0. The number of hydrogen-bond acceptors (Lipinski definition) is 3. The van der Waals surface area contributed by atoms with Gasteiger partial charge in [-0.3, -0.25) is 4.79 Å².